The van der Waals surface area contributed by atoms with E-state index < -0.39 is 11.9 Å². The summed E-state index contributed by atoms with van der Waals surface area (Å²) in [6.07, 6.45) is 1.33. The number of carbonyl (C=O) groups excluding carboxylic acids is 2. The predicted molar refractivity (Wildman–Crippen MR) is 46.7 cm³/mol. The highest BCUT2D eigenvalue weighted by atomic mass is 16.5. The first kappa shape index (κ1) is 11.4. The Morgan fingerprint density at radius 3 is 2.54 bits per heavy atom. The molecular formula is C9H12O4. The quantitative estimate of drug-likeness (QED) is 0.366. The van der Waals surface area contributed by atoms with E-state index in [1.54, 1.807) is 0 Å². The summed E-state index contributed by atoms with van der Waals surface area (Å²) in [5.41, 5.74) is 0. The Balaban J connectivity index is 3.71. The van der Waals surface area contributed by atoms with Crippen molar-refractivity contribution >= 4 is 11.9 Å². The summed E-state index contributed by atoms with van der Waals surface area (Å²) in [7, 11) is 0. The molecule has 0 aromatic heterocycles. The van der Waals surface area contributed by atoms with E-state index in [1.807, 2.05) is 0 Å². The fraction of sp³-hybridized carbons (Fsp3) is 0.333. The molecule has 4 heteroatoms. The van der Waals surface area contributed by atoms with Crippen LogP contribution in [0.2, 0.25) is 0 Å². The lowest BCUT2D eigenvalue weighted by molar-refractivity contribution is -0.143. The Kier molecular flexibility index (Phi) is 5.27. The van der Waals surface area contributed by atoms with Crippen LogP contribution >= 0.6 is 0 Å². The zero-order valence-electron chi connectivity index (χ0n) is 7.54. The van der Waals surface area contributed by atoms with Gasteiger partial charge in [-0.3, -0.25) is 9.59 Å². The molecule has 0 spiro atoms. The van der Waals surface area contributed by atoms with Crippen LogP contribution in [0.4, 0.5) is 0 Å². The monoisotopic (exact) mass is 184 g/mol. The van der Waals surface area contributed by atoms with E-state index in [1.165, 1.54) is 13.0 Å². The van der Waals surface area contributed by atoms with E-state index in [0.717, 1.165) is 0 Å². The number of hydrogen-bond acceptors (Lipinski definition) is 4. The number of hydrogen-bond donors (Lipinski definition) is 0. The van der Waals surface area contributed by atoms with E-state index in [2.05, 4.69) is 22.6 Å². The van der Waals surface area contributed by atoms with E-state index in [9.17, 15) is 9.59 Å². The van der Waals surface area contributed by atoms with Crippen molar-refractivity contribution in [2.75, 3.05) is 6.61 Å². The highest BCUT2D eigenvalue weighted by Crippen LogP contribution is 2.02. The molecule has 0 bridgehead atoms. The van der Waals surface area contributed by atoms with Crippen LogP contribution in [0.3, 0.4) is 0 Å². The fourth-order valence-electron chi connectivity index (χ4n) is 0.603. The van der Waals surface area contributed by atoms with Crippen LogP contribution in [0.1, 0.15) is 13.3 Å². The maximum absolute atomic E-state index is 10.9. The third-order valence-corrected chi connectivity index (χ3v) is 0.992. The SMILES string of the molecule is C=CCOC(=O)CC(=C)OC(C)=O. The normalized spacial score (nSPS) is 8.69. The summed E-state index contributed by atoms with van der Waals surface area (Å²) >= 11 is 0. The summed E-state index contributed by atoms with van der Waals surface area (Å²) in [4.78, 5) is 21.3. The molecule has 0 amide bonds. The Hall–Kier alpha value is -1.58. The summed E-state index contributed by atoms with van der Waals surface area (Å²) in [6.45, 7) is 8.13. The van der Waals surface area contributed by atoms with Gasteiger partial charge in [0.2, 0.25) is 0 Å². The van der Waals surface area contributed by atoms with Crippen molar-refractivity contribution in [2.24, 2.45) is 0 Å². The lowest BCUT2D eigenvalue weighted by Gasteiger charge is -2.04. The van der Waals surface area contributed by atoms with Crippen LogP contribution in [0.15, 0.2) is 25.0 Å². The molecule has 13 heavy (non-hydrogen) atoms. The van der Waals surface area contributed by atoms with Crippen molar-refractivity contribution in [3.05, 3.63) is 25.0 Å². The Morgan fingerprint density at radius 1 is 1.46 bits per heavy atom. The smallest absolute Gasteiger partial charge is 0.313 e. The molecule has 0 aromatic rings. The summed E-state index contributed by atoms with van der Waals surface area (Å²) in [5, 5.41) is 0. The maximum atomic E-state index is 10.9. The van der Waals surface area contributed by atoms with E-state index >= 15 is 0 Å². The van der Waals surface area contributed by atoms with Crippen molar-refractivity contribution in [1.82, 2.24) is 0 Å². The van der Waals surface area contributed by atoms with Gasteiger partial charge in [-0.25, -0.2) is 0 Å². The molecule has 0 unspecified atom stereocenters. The van der Waals surface area contributed by atoms with Gasteiger partial charge in [-0.15, -0.1) is 0 Å². The third-order valence-electron chi connectivity index (χ3n) is 0.992. The highest BCUT2D eigenvalue weighted by molar-refractivity contribution is 5.73. The van der Waals surface area contributed by atoms with Crippen molar-refractivity contribution in [2.45, 2.75) is 13.3 Å². The molecule has 4 nitrogen and oxygen atoms in total. The van der Waals surface area contributed by atoms with Crippen LogP contribution in [0.5, 0.6) is 0 Å². The van der Waals surface area contributed by atoms with Gasteiger partial charge in [-0.2, -0.15) is 0 Å². The summed E-state index contributed by atoms with van der Waals surface area (Å²) in [5.74, 6) is -0.908. The second-order valence-electron chi connectivity index (χ2n) is 2.28. The molecule has 0 aliphatic heterocycles. The number of rotatable bonds is 5. The minimum absolute atomic E-state index is 0.0848. The van der Waals surface area contributed by atoms with Gasteiger partial charge in [0.1, 0.15) is 18.8 Å². The van der Waals surface area contributed by atoms with E-state index in [4.69, 9.17) is 0 Å². The average Bonchev–Trinajstić information content (AvgIpc) is 1.98. The summed E-state index contributed by atoms with van der Waals surface area (Å²) < 4.78 is 9.18. The molecule has 0 N–H and O–H groups in total. The second kappa shape index (κ2) is 5.99. The van der Waals surface area contributed by atoms with Crippen molar-refractivity contribution in [3.8, 4) is 0 Å². The first-order valence-corrected chi connectivity index (χ1v) is 3.69. The standard InChI is InChI=1S/C9H12O4/c1-4-5-12-9(11)6-7(2)13-8(3)10/h4H,1-2,5-6H2,3H3. The van der Waals surface area contributed by atoms with Gasteiger partial charge in [0.25, 0.3) is 0 Å². The number of carbonyl (C=O) groups is 2. The lowest BCUT2D eigenvalue weighted by Crippen LogP contribution is -2.08. The maximum Gasteiger partial charge on any atom is 0.313 e. The molecule has 0 aromatic carbocycles. The topological polar surface area (TPSA) is 52.6 Å². The molecule has 0 aliphatic rings. The van der Waals surface area contributed by atoms with Crippen LogP contribution < -0.4 is 0 Å². The molecule has 0 rings (SSSR count). The van der Waals surface area contributed by atoms with Gasteiger partial charge in [-0.05, 0) is 0 Å². The minimum atomic E-state index is -0.499. The molecule has 0 radical (unpaired) electrons. The Morgan fingerprint density at radius 2 is 2.08 bits per heavy atom. The zero-order valence-corrected chi connectivity index (χ0v) is 7.54. The van der Waals surface area contributed by atoms with Gasteiger partial charge in [0.05, 0.1) is 0 Å². The Bertz CT molecular complexity index is 230. The zero-order chi connectivity index (χ0) is 10.3. The van der Waals surface area contributed by atoms with Crippen LogP contribution in [-0.2, 0) is 19.1 Å². The summed E-state index contributed by atoms with van der Waals surface area (Å²) in [6, 6.07) is 0. The third kappa shape index (κ3) is 6.80. The minimum Gasteiger partial charge on any atom is -0.461 e. The molecule has 0 atom stereocenters. The number of ether oxygens (including phenoxy) is 2. The Labute approximate surface area is 76.8 Å². The van der Waals surface area contributed by atoms with E-state index in [0.29, 0.717) is 0 Å². The first-order valence-electron chi connectivity index (χ1n) is 3.69. The molecule has 0 aliphatic carbocycles. The van der Waals surface area contributed by atoms with Crippen LogP contribution in [-0.4, -0.2) is 18.5 Å². The van der Waals surface area contributed by atoms with Gasteiger partial charge in [-0.1, -0.05) is 19.2 Å². The van der Waals surface area contributed by atoms with Gasteiger partial charge in [0.15, 0.2) is 0 Å². The van der Waals surface area contributed by atoms with Crippen LogP contribution in [0.25, 0.3) is 0 Å². The van der Waals surface area contributed by atoms with Crippen molar-refractivity contribution < 1.29 is 19.1 Å². The molecule has 0 saturated carbocycles. The van der Waals surface area contributed by atoms with Crippen LogP contribution in [0, 0.1) is 0 Å². The van der Waals surface area contributed by atoms with Gasteiger partial charge < -0.3 is 9.47 Å². The molecule has 0 saturated heterocycles. The molecular weight excluding hydrogens is 172 g/mol. The molecule has 0 heterocycles. The molecule has 72 valence electrons. The van der Waals surface area contributed by atoms with E-state index in [-0.39, 0.29) is 18.8 Å². The van der Waals surface area contributed by atoms with Crippen molar-refractivity contribution in [1.29, 1.82) is 0 Å². The molecule has 0 fully saturated rings. The lowest BCUT2D eigenvalue weighted by atomic mass is 10.4. The second-order valence-corrected chi connectivity index (χ2v) is 2.28. The van der Waals surface area contributed by atoms with Gasteiger partial charge >= 0.3 is 11.9 Å². The highest BCUT2D eigenvalue weighted by Gasteiger charge is 2.07. The predicted octanol–water partition coefficient (Wildman–Crippen LogP) is 1.18. The number of esters is 2. The fourth-order valence-corrected chi connectivity index (χ4v) is 0.603. The van der Waals surface area contributed by atoms with Crippen molar-refractivity contribution in [3.63, 3.8) is 0 Å². The first-order chi connectivity index (χ1) is 6.06. The average molecular weight is 184 g/mol. The largest absolute Gasteiger partial charge is 0.461 e. The van der Waals surface area contributed by atoms with Gasteiger partial charge in [0, 0.05) is 6.92 Å².